The Morgan fingerprint density at radius 2 is 2.00 bits per heavy atom. The molecule has 0 amide bonds. The van der Waals surface area contributed by atoms with E-state index in [1.165, 1.54) is 12.8 Å². The van der Waals surface area contributed by atoms with E-state index in [0.717, 1.165) is 5.92 Å². The molecule has 0 aromatic heterocycles. The summed E-state index contributed by atoms with van der Waals surface area (Å²) in [4.78, 5) is 11.5. The molecule has 0 spiro atoms. The Hall–Kier alpha value is -0.530. The maximum absolute atomic E-state index is 11.5. The minimum Gasteiger partial charge on any atom is -0.465 e. The number of carbonyl (C=O) groups is 1. The van der Waals surface area contributed by atoms with Crippen molar-refractivity contribution < 1.29 is 9.53 Å². The van der Waals surface area contributed by atoms with E-state index < -0.39 is 0 Å². The predicted octanol–water partition coefficient (Wildman–Crippen LogP) is 1.84. The van der Waals surface area contributed by atoms with E-state index in [-0.39, 0.29) is 11.9 Å². The van der Waals surface area contributed by atoms with E-state index in [1.807, 2.05) is 0 Å². The Morgan fingerprint density at radius 1 is 1.31 bits per heavy atom. The third-order valence-corrected chi connectivity index (χ3v) is 4.80. The molecule has 4 atom stereocenters. The van der Waals surface area contributed by atoms with Crippen molar-refractivity contribution in [3.63, 3.8) is 0 Å². The van der Waals surface area contributed by atoms with Crippen molar-refractivity contribution in [1.29, 1.82) is 0 Å². The van der Waals surface area contributed by atoms with Gasteiger partial charge in [0.2, 0.25) is 0 Å². The summed E-state index contributed by atoms with van der Waals surface area (Å²) in [5.41, 5.74) is 0.398. The van der Waals surface area contributed by atoms with Crippen LogP contribution in [-0.2, 0) is 9.53 Å². The Balaban J connectivity index is 2.03. The lowest BCUT2D eigenvalue weighted by Crippen LogP contribution is -2.24. The highest BCUT2D eigenvalue weighted by molar-refractivity contribution is 5.76. The Morgan fingerprint density at radius 3 is 2.69 bits per heavy atom. The standard InChI is InChI=1S/C11H16O2/c1-11(2)7-3-4-8(11)9-6(7)5-13-10(9)12/h6-9H,3-5H2,1-2H3. The van der Waals surface area contributed by atoms with E-state index >= 15 is 0 Å². The highest BCUT2D eigenvalue weighted by Gasteiger charge is 2.63. The van der Waals surface area contributed by atoms with Gasteiger partial charge in [-0.25, -0.2) is 0 Å². The largest absolute Gasteiger partial charge is 0.465 e. The molecule has 2 aliphatic carbocycles. The lowest BCUT2D eigenvalue weighted by Gasteiger charge is -2.26. The van der Waals surface area contributed by atoms with Gasteiger partial charge in [-0.2, -0.15) is 0 Å². The zero-order valence-corrected chi connectivity index (χ0v) is 8.25. The average Bonchev–Trinajstić information content (AvgIpc) is 2.63. The number of ether oxygens (including phenoxy) is 1. The van der Waals surface area contributed by atoms with Crippen LogP contribution < -0.4 is 0 Å². The Bertz CT molecular complexity index is 269. The molecule has 2 heteroatoms. The van der Waals surface area contributed by atoms with Crippen molar-refractivity contribution in [3.8, 4) is 0 Å². The fourth-order valence-electron chi connectivity index (χ4n) is 4.17. The van der Waals surface area contributed by atoms with Gasteiger partial charge in [0.05, 0.1) is 12.5 Å². The molecule has 3 aliphatic rings. The first-order valence-corrected chi connectivity index (χ1v) is 5.29. The number of hydrogen-bond acceptors (Lipinski definition) is 2. The van der Waals surface area contributed by atoms with Crippen LogP contribution in [0.3, 0.4) is 0 Å². The predicted molar refractivity (Wildman–Crippen MR) is 47.9 cm³/mol. The number of hydrogen-bond donors (Lipinski definition) is 0. The van der Waals surface area contributed by atoms with Crippen molar-refractivity contribution in [2.75, 3.05) is 6.61 Å². The summed E-state index contributed by atoms with van der Waals surface area (Å²) in [6, 6.07) is 0. The molecule has 1 saturated heterocycles. The molecule has 2 bridgehead atoms. The molecular formula is C11H16O2. The first kappa shape index (κ1) is 7.84. The molecule has 1 aliphatic heterocycles. The molecule has 13 heavy (non-hydrogen) atoms. The zero-order chi connectivity index (χ0) is 9.22. The van der Waals surface area contributed by atoms with Crippen LogP contribution in [-0.4, -0.2) is 12.6 Å². The van der Waals surface area contributed by atoms with Crippen molar-refractivity contribution >= 4 is 5.97 Å². The van der Waals surface area contributed by atoms with Gasteiger partial charge in [-0.3, -0.25) is 4.79 Å². The van der Waals surface area contributed by atoms with Crippen molar-refractivity contribution in [1.82, 2.24) is 0 Å². The molecule has 0 radical (unpaired) electrons. The smallest absolute Gasteiger partial charge is 0.309 e. The SMILES string of the molecule is CC1(C)C2CCC1C1C(=O)OCC12. The molecule has 2 nitrogen and oxygen atoms in total. The van der Waals surface area contributed by atoms with E-state index in [9.17, 15) is 4.79 Å². The monoisotopic (exact) mass is 180 g/mol. The van der Waals surface area contributed by atoms with Gasteiger partial charge < -0.3 is 4.74 Å². The minimum absolute atomic E-state index is 0.0882. The number of esters is 1. The Kier molecular flexibility index (Phi) is 1.27. The molecule has 3 fully saturated rings. The molecule has 2 saturated carbocycles. The second-order valence-electron chi connectivity index (χ2n) is 5.43. The minimum atomic E-state index is 0.0882. The molecule has 72 valence electrons. The van der Waals surface area contributed by atoms with Gasteiger partial charge >= 0.3 is 5.97 Å². The lowest BCUT2D eigenvalue weighted by atomic mass is 9.80. The molecule has 1 heterocycles. The molecule has 0 aromatic rings. The fourth-order valence-corrected chi connectivity index (χ4v) is 4.17. The van der Waals surface area contributed by atoms with Crippen LogP contribution in [0, 0.1) is 29.1 Å². The number of fused-ring (bicyclic) bond motifs is 5. The number of cyclic esters (lactones) is 1. The van der Waals surface area contributed by atoms with Gasteiger partial charge in [0.1, 0.15) is 0 Å². The van der Waals surface area contributed by atoms with E-state index in [4.69, 9.17) is 4.74 Å². The highest BCUT2D eigenvalue weighted by atomic mass is 16.5. The van der Waals surface area contributed by atoms with Crippen molar-refractivity contribution in [3.05, 3.63) is 0 Å². The second kappa shape index (κ2) is 2.10. The van der Waals surface area contributed by atoms with Crippen molar-refractivity contribution in [2.24, 2.45) is 29.1 Å². The van der Waals surface area contributed by atoms with Crippen LogP contribution in [0.25, 0.3) is 0 Å². The molecule has 0 N–H and O–H groups in total. The first-order chi connectivity index (χ1) is 6.12. The van der Waals surface area contributed by atoms with E-state index in [0.29, 0.717) is 23.9 Å². The normalized spacial score (nSPS) is 50.8. The van der Waals surface area contributed by atoms with Crippen LogP contribution in [0.15, 0.2) is 0 Å². The summed E-state index contributed by atoms with van der Waals surface area (Å²) in [5, 5.41) is 0. The third kappa shape index (κ3) is 0.733. The third-order valence-electron chi connectivity index (χ3n) is 4.80. The Labute approximate surface area is 78.6 Å². The van der Waals surface area contributed by atoms with Gasteiger partial charge in [0.15, 0.2) is 0 Å². The van der Waals surface area contributed by atoms with Crippen LogP contribution in [0.4, 0.5) is 0 Å². The topological polar surface area (TPSA) is 26.3 Å². The zero-order valence-electron chi connectivity index (χ0n) is 8.25. The van der Waals surface area contributed by atoms with Gasteiger partial charge in [-0.1, -0.05) is 13.8 Å². The number of carbonyl (C=O) groups excluding carboxylic acids is 1. The summed E-state index contributed by atoms with van der Waals surface area (Å²) in [6.45, 7) is 5.37. The summed E-state index contributed by atoms with van der Waals surface area (Å²) < 4.78 is 5.16. The maximum atomic E-state index is 11.5. The second-order valence-corrected chi connectivity index (χ2v) is 5.43. The molecular weight excluding hydrogens is 164 g/mol. The highest BCUT2D eigenvalue weighted by Crippen LogP contribution is 2.64. The van der Waals surface area contributed by atoms with Crippen LogP contribution >= 0.6 is 0 Å². The summed E-state index contributed by atoms with van der Waals surface area (Å²) >= 11 is 0. The van der Waals surface area contributed by atoms with Crippen LogP contribution in [0.5, 0.6) is 0 Å². The average molecular weight is 180 g/mol. The van der Waals surface area contributed by atoms with E-state index in [2.05, 4.69) is 13.8 Å². The first-order valence-electron chi connectivity index (χ1n) is 5.29. The molecule has 4 unspecified atom stereocenters. The van der Waals surface area contributed by atoms with Crippen molar-refractivity contribution in [2.45, 2.75) is 26.7 Å². The van der Waals surface area contributed by atoms with Gasteiger partial charge in [0.25, 0.3) is 0 Å². The summed E-state index contributed by atoms with van der Waals surface area (Å²) in [7, 11) is 0. The summed E-state index contributed by atoms with van der Waals surface area (Å²) in [6.07, 6.45) is 2.56. The lowest BCUT2D eigenvalue weighted by molar-refractivity contribution is -0.143. The van der Waals surface area contributed by atoms with Gasteiger partial charge in [-0.15, -0.1) is 0 Å². The fraction of sp³-hybridized carbons (Fsp3) is 0.909. The quantitative estimate of drug-likeness (QED) is 0.532. The molecule has 3 rings (SSSR count). The maximum Gasteiger partial charge on any atom is 0.309 e. The number of rotatable bonds is 0. The molecule has 0 aromatic carbocycles. The van der Waals surface area contributed by atoms with E-state index in [1.54, 1.807) is 0 Å². The van der Waals surface area contributed by atoms with Gasteiger partial charge in [0, 0.05) is 5.92 Å². The van der Waals surface area contributed by atoms with Gasteiger partial charge in [-0.05, 0) is 30.1 Å². The van der Waals surface area contributed by atoms with Crippen LogP contribution in [0.1, 0.15) is 26.7 Å². The van der Waals surface area contributed by atoms with Crippen LogP contribution in [0.2, 0.25) is 0 Å². The summed E-state index contributed by atoms with van der Waals surface area (Å²) in [5.74, 6) is 2.26.